The average molecular weight is 288 g/mol. The van der Waals surface area contributed by atoms with Gasteiger partial charge in [-0.25, -0.2) is 4.79 Å². The molecule has 0 bridgehead atoms. The maximum Gasteiger partial charge on any atom is 0.315 e. The summed E-state index contributed by atoms with van der Waals surface area (Å²) in [6.45, 7) is 7.79. The number of urea groups is 1. The smallest absolute Gasteiger partial charge is 0.315 e. The van der Waals surface area contributed by atoms with E-state index in [2.05, 4.69) is 17.6 Å². The van der Waals surface area contributed by atoms with Crippen LogP contribution in [0.2, 0.25) is 0 Å². The van der Waals surface area contributed by atoms with E-state index in [1.165, 1.54) is 0 Å². The highest BCUT2D eigenvalue weighted by atomic mass is 16.5. The number of amides is 2. The normalized spacial score (nSPS) is 12.2. The number of hydrogen-bond donors (Lipinski definition) is 3. The molecule has 1 atom stereocenters. The number of carbonyl (C=O) groups is 2. The summed E-state index contributed by atoms with van der Waals surface area (Å²) in [5, 5.41) is 14.2. The molecule has 0 aromatic heterocycles. The van der Waals surface area contributed by atoms with Gasteiger partial charge in [-0.1, -0.05) is 27.2 Å². The summed E-state index contributed by atoms with van der Waals surface area (Å²) in [7, 11) is 0. The van der Waals surface area contributed by atoms with E-state index in [1.54, 1.807) is 0 Å². The Kier molecular flexibility index (Phi) is 10.8. The van der Waals surface area contributed by atoms with Crippen LogP contribution in [0.25, 0.3) is 0 Å². The SMILES string of the molecule is CCCCOCCCNC(=O)NC(CC(=O)O)C(C)C. The maximum absolute atomic E-state index is 11.6. The molecular formula is C14H28N2O4. The monoisotopic (exact) mass is 288 g/mol. The predicted molar refractivity (Wildman–Crippen MR) is 77.8 cm³/mol. The molecule has 0 heterocycles. The summed E-state index contributed by atoms with van der Waals surface area (Å²) >= 11 is 0. The van der Waals surface area contributed by atoms with Gasteiger partial charge in [0.2, 0.25) is 0 Å². The van der Waals surface area contributed by atoms with Gasteiger partial charge < -0.3 is 20.5 Å². The Morgan fingerprint density at radius 2 is 1.85 bits per heavy atom. The third-order valence-corrected chi connectivity index (χ3v) is 2.91. The molecular weight excluding hydrogens is 260 g/mol. The first-order chi connectivity index (χ1) is 9.47. The van der Waals surface area contributed by atoms with E-state index in [9.17, 15) is 9.59 Å². The number of carboxylic acid groups (broad SMARTS) is 1. The van der Waals surface area contributed by atoms with E-state index in [0.717, 1.165) is 25.9 Å². The van der Waals surface area contributed by atoms with Crippen molar-refractivity contribution in [3.63, 3.8) is 0 Å². The number of ether oxygens (including phenoxy) is 1. The molecule has 0 saturated carbocycles. The van der Waals surface area contributed by atoms with E-state index in [0.29, 0.717) is 13.2 Å². The first-order valence-corrected chi connectivity index (χ1v) is 7.31. The molecule has 0 aliphatic rings. The Morgan fingerprint density at radius 1 is 1.20 bits per heavy atom. The van der Waals surface area contributed by atoms with Crippen molar-refractivity contribution in [2.75, 3.05) is 19.8 Å². The van der Waals surface area contributed by atoms with Gasteiger partial charge in [0.1, 0.15) is 0 Å². The molecule has 118 valence electrons. The second-order valence-corrected chi connectivity index (χ2v) is 5.17. The highest BCUT2D eigenvalue weighted by Crippen LogP contribution is 2.05. The van der Waals surface area contributed by atoms with E-state index in [4.69, 9.17) is 9.84 Å². The summed E-state index contributed by atoms with van der Waals surface area (Å²) in [6, 6.07) is -0.674. The summed E-state index contributed by atoms with van der Waals surface area (Å²) in [5.41, 5.74) is 0. The second kappa shape index (κ2) is 11.5. The standard InChI is InChI=1S/C14H28N2O4/c1-4-5-8-20-9-6-7-15-14(19)16-12(11(2)3)10-13(17)18/h11-12H,4-10H2,1-3H3,(H,17,18)(H2,15,16,19). The van der Waals surface area contributed by atoms with Gasteiger partial charge in [0.25, 0.3) is 0 Å². The lowest BCUT2D eigenvalue weighted by atomic mass is 10.0. The first-order valence-electron chi connectivity index (χ1n) is 7.31. The Hall–Kier alpha value is -1.30. The van der Waals surface area contributed by atoms with Crippen molar-refractivity contribution in [2.45, 2.75) is 52.5 Å². The van der Waals surface area contributed by atoms with E-state index >= 15 is 0 Å². The zero-order valence-corrected chi connectivity index (χ0v) is 12.8. The van der Waals surface area contributed by atoms with Crippen molar-refractivity contribution >= 4 is 12.0 Å². The van der Waals surface area contributed by atoms with Gasteiger partial charge in [-0.2, -0.15) is 0 Å². The molecule has 0 aliphatic carbocycles. The van der Waals surface area contributed by atoms with Gasteiger partial charge in [-0.05, 0) is 18.8 Å². The molecule has 0 radical (unpaired) electrons. The van der Waals surface area contributed by atoms with Crippen LogP contribution >= 0.6 is 0 Å². The molecule has 3 N–H and O–H groups in total. The Bertz CT molecular complexity index is 282. The van der Waals surface area contributed by atoms with Crippen molar-refractivity contribution in [2.24, 2.45) is 5.92 Å². The van der Waals surface area contributed by atoms with Crippen molar-refractivity contribution in [1.82, 2.24) is 10.6 Å². The Morgan fingerprint density at radius 3 is 2.40 bits per heavy atom. The number of aliphatic carboxylic acids is 1. The summed E-state index contributed by atoms with van der Waals surface area (Å²) in [6.07, 6.45) is 2.85. The molecule has 0 aliphatic heterocycles. The molecule has 0 saturated heterocycles. The van der Waals surface area contributed by atoms with Crippen LogP contribution in [0.4, 0.5) is 4.79 Å². The van der Waals surface area contributed by atoms with Crippen molar-refractivity contribution in [3.8, 4) is 0 Å². The Labute approximate surface area is 121 Å². The number of carbonyl (C=O) groups excluding carboxylic acids is 1. The minimum Gasteiger partial charge on any atom is -0.481 e. The molecule has 2 amide bonds. The topological polar surface area (TPSA) is 87.7 Å². The highest BCUT2D eigenvalue weighted by Gasteiger charge is 2.18. The van der Waals surface area contributed by atoms with Gasteiger partial charge in [0.05, 0.1) is 6.42 Å². The predicted octanol–water partition coefficient (Wildman–Crippen LogP) is 1.99. The molecule has 6 heteroatoms. The van der Waals surface area contributed by atoms with Crippen LogP contribution < -0.4 is 10.6 Å². The van der Waals surface area contributed by atoms with Crippen molar-refractivity contribution in [3.05, 3.63) is 0 Å². The molecule has 20 heavy (non-hydrogen) atoms. The molecule has 0 spiro atoms. The number of carboxylic acids is 1. The van der Waals surface area contributed by atoms with Gasteiger partial charge in [-0.3, -0.25) is 4.79 Å². The maximum atomic E-state index is 11.6. The zero-order chi connectivity index (χ0) is 15.4. The minimum absolute atomic E-state index is 0.0643. The third kappa shape index (κ3) is 10.6. The number of nitrogens with one attached hydrogen (secondary N) is 2. The van der Waals surface area contributed by atoms with Crippen LogP contribution in [0.1, 0.15) is 46.5 Å². The van der Waals surface area contributed by atoms with Gasteiger partial charge in [0, 0.05) is 25.8 Å². The van der Waals surface area contributed by atoms with E-state index in [-0.39, 0.29) is 24.4 Å². The van der Waals surface area contributed by atoms with Crippen LogP contribution in [0, 0.1) is 5.92 Å². The lowest BCUT2D eigenvalue weighted by Gasteiger charge is -2.20. The lowest BCUT2D eigenvalue weighted by Crippen LogP contribution is -2.45. The number of hydrogen-bond acceptors (Lipinski definition) is 3. The average Bonchev–Trinajstić information content (AvgIpc) is 2.36. The van der Waals surface area contributed by atoms with Crippen LogP contribution in [-0.4, -0.2) is 42.9 Å². The largest absolute Gasteiger partial charge is 0.481 e. The fourth-order valence-corrected chi connectivity index (χ4v) is 1.59. The van der Waals surface area contributed by atoms with E-state index < -0.39 is 5.97 Å². The van der Waals surface area contributed by atoms with E-state index in [1.807, 2.05) is 13.8 Å². The molecule has 0 rings (SSSR count). The Balaban J connectivity index is 3.72. The molecule has 0 aromatic carbocycles. The summed E-state index contributed by atoms with van der Waals surface area (Å²) in [5.74, 6) is -0.831. The quantitative estimate of drug-likeness (QED) is 0.507. The second-order valence-electron chi connectivity index (χ2n) is 5.17. The van der Waals surface area contributed by atoms with Gasteiger partial charge in [-0.15, -0.1) is 0 Å². The lowest BCUT2D eigenvalue weighted by molar-refractivity contribution is -0.137. The summed E-state index contributed by atoms with van der Waals surface area (Å²) < 4.78 is 5.38. The van der Waals surface area contributed by atoms with Gasteiger partial charge in [0.15, 0.2) is 0 Å². The minimum atomic E-state index is -0.909. The molecule has 0 aromatic rings. The fraction of sp³-hybridized carbons (Fsp3) is 0.857. The van der Waals surface area contributed by atoms with Crippen LogP contribution in [0.3, 0.4) is 0 Å². The van der Waals surface area contributed by atoms with Crippen molar-refractivity contribution in [1.29, 1.82) is 0 Å². The molecule has 0 fully saturated rings. The molecule has 1 unspecified atom stereocenters. The fourth-order valence-electron chi connectivity index (χ4n) is 1.59. The number of unbranched alkanes of at least 4 members (excludes halogenated alkanes) is 1. The zero-order valence-electron chi connectivity index (χ0n) is 12.8. The van der Waals surface area contributed by atoms with Crippen LogP contribution in [0.15, 0.2) is 0 Å². The number of rotatable bonds is 11. The highest BCUT2D eigenvalue weighted by molar-refractivity contribution is 5.75. The van der Waals surface area contributed by atoms with Crippen LogP contribution in [-0.2, 0) is 9.53 Å². The van der Waals surface area contributed by atoms with Crippen LogP contribution in [0.5, 0.6) is 0 Å². The first kappa shape index (κ1) is 18.7. The summed E-state index contributed by atoms with van der Waals surface area (Å²) in [4.78, 5) is 22.3. The van der Waals surface area contributed by atoms with Gasteiger partial charge >= 0.3 is 12.0 Å². The van der Waals surface area contributed by atoms with Crippen molar-refractivity contribution < 1.29 is 19.4 Å². The molecule has 6 nitrogen and oxygen atoms in total. The third-order valence-electron chi connectivity index (χ3n) is 2.91.